The van der Waals surface area contributed by atoms with Crippen molar-refractivity contribution >= 4 is 62.8 Å². The van der Waals surface area contributed by atoms with E-state index < -0.39 is 0 Å². The van der Waals surface area contributed by atoms with Gasteiger partial charge in [0.1, 0.15) is 10.9 Å². The normalized spacial score (nSPS) is 16.2. The zero-order chi connectivity index (χ0) is 23.8. The minimum atomic E-state index is -0.163. The van der Waals surface area contributed by atoms with E-state index in [9.17, 15) is 9.59 Å². The van der Waals surface area contributed by atoms with Crippen molar-refractivity contribution in [2.24, 2.45) is 0 Å². The van der Waals surface area contributed by atoms with E-state index in [1.54, 1.807) is 23.1 Å². The first-order chi connectivity index (χ1) is 16.5. The molecule has 2 aliphatic rings. The zero-order valence-corrected chi connectivity index (χ0v) is 20.4. The highest BCUT2D eigenvalue weighted by atomic mass is 32.2. The Bertz CT molecular complexity index is 1360. The Morgan fingerprint density at radius 1 is 1.21 bits per heavy atom. The Morgan fingerprint density at radius 3 is 2.82 bits per heavy atom. The fourth-order valence-electron chi connectivity index (χ4n) is 4.21. The van der Waals surface area contributed by atoms with Crippen LogP contribution in [-0.4, -0.2) is 38.9 Å². The number of anilines is 1. The summed E-state index contributed by atoms with van der Waals surface area (Å²) in [6, 6.07) is 13.2. The van der Waals surface area contributed by atoms with Gasteiger partial charge >= 0.3 is 0 Å². The summed E-state index contributed by atoms with van der Waals surface area (Å²) in [7, 11) is 0. The number of thiocarbonyl (C=S) groups is 1. The van der Waals surface area contributed by atoms with Gasteiger partial charge in [-0.25, -0.2) is 0 Å². The van der Waals surface area contributed by atoms with E-state index in [1.165, 1.54) is 11.8 Å². The lowest BCUT2D eigenvalue weighted by atomic mass is 10.1. The monoisotopic (exact) mass is 493 g/mol. The molecule has 5 rings (SSSR count). The van der Waals surface area contributed by atoms with Crippen molar-refractivity contribution in [3.63, 3.8) is 0 Å². The molecule has 3 heterocycles. The lowest BCUT2D eigenvalue weighted by Gasteiger charge is -2.12. The Hall–Kier alpha value is -3.30. The van der Waals surface area contributed by atoms with Crippen LogP contribution in [0.1, 0.15) is 24.6 Å². The maximum Gasteiger partial charge on any atom is 0.266 e. The van der Waals surface area contributed by atoms with Crippen LogP contribution in [0.25, 0.3) is 17.0 Å². The number of rotatable bonds is 6. The molecule has 7 nitrogen and oxygen atoms in total. The quantitative estimate of drug-likeness (QED) is 0.388. The first-order valence-corrected chi connectivity index (χ1v) is 12.2. The number of ether oxygens (including phenoxy) is 2. The molecule has 174 valence electrons. The lowest BCUT2D eigenvalue weighted by molar-refractivity contribution is -0.122. The van der Waals surface area contributed by atoms with Crippen LogP contribution in [0, 0.1) is 6.92 Å². The summed E-state index contributed by atoms with van der Waals surface area (Å²) < 4.78 is 13.3. The second-order valence-corrected chi connectivity index (χ2v) is 9.73. The van der Waals surface area contributed by atoms with Gasteiger partial charge in [0.15, 0.2) is 11.5 Å². The minimum Gasteiger partial charge on any atom is -0.454 e. The number of hydrogen-bond donors (Lipinski definition) is 1. The molecular weight excluding hydrogens is 470 g/mol. The Kier molecular flexibility index (Phi) is 6.05. The third-order valence-corrected chi connectivity index (χ3v) is 7.21. The summed E-state index contributed by atoms with van der Waals surface area (Å²) in [5.74, 6) is 1.06. The molecule has 2 aromatic carbocycles. The van der Waals surface area contributed by atoms with Crippen LogP contribution in [0.15, 0.2) is 47.4 Å². The number of fused-ring (bicyclic) bond motifs is 2. The smallest absolute Gasteiger partial charge is 0.266 e. The molecule has 3 aromatic rings. The first kappa shape index (κ1) is 22.5. The second-order valence-electron chi connectivity index (χ2n) is 8.05. The molecule has 1 aromatic heterocycles. The van der Waals surface area contributed by atoms with Crippen LogP contribution < -0.4 is 14.8 Å². The van der Waals surface area contributed by atoms with Gasteiger partial charge in [0.05, 0.1) is 4.91 Å². The summed E-state index contributed by atoms with van der Waals surface area (Å²) in [5.41, 5.74) is 3.39. The third kappa shape index (κ3) is 4.05. The molecule has 2 amide bonds. The van der Waals surface area contributed by atoms with E-state index in [2.05, 4.69) is 5.32 Å². The Labute approximate surface area is 206 Å². The van der Waals surface area contributed by atoms with E-state index in [-0.39, 0.29) is 25.2 Å². The summed E-state index contributed by atoms with van der Waals surface area (Å²) in [5, 5.41) is 3.92. The molecule has 0 radical (unpaired) electrons. The van der Waals surface area contributed by atoms with Crippen molar-refractivity contribution in [1.82, 2.24) is 9.47 Å². The first-order valence-electron chi connectivity index (χ1n) is 11.0. The maximum atomic E-state index is 12.9. The molecule has 0 atom stereocenters. The molecule has 0 saturated carbocycles. The highest BCUT2D eigenvalue weighted by Crippen LogP contribution is 2.36. The summed E-state index contributed by atoms with van der Waals surface area (Å²) in [6.07, 6.45) is 2.75. The van der Waals surface area contributed by atoms with Gasteiger partial charge in [-0.15, -0.1) is 0 Å². The molecule has 9 heteroatoms. The molecule has 0 unspecified atom stereocenters. The Balaban J connectivity index is 1.44. The number of hydrogen-bond acceptors (Lipinski definition) is 6. The number of para-hydroxylation sites is 1. The number of carbonyl (C=O) groups excluding carboxylic acids is 2. The predicted molar refractivity (Wildman–Crippen MR) is 138 cm³/mol. The molecule has 0 spiro atoms. The van der Waals surface area contributed by atoms with E-state index in [4.69, 9.17) is 21.7 Å². The highest BCUT2D eigenvalue weighted by molar-refractivity contribution is 8.26. The van der Waals surface area contributed by atoms with Crippen LogP contribution in [0.3, 0.4) is 0 Å². The second kappa shape index (κ2) is 9.15. The lowest BCUT2D eigenvalue weighted by Crippen LogP contribution is -2.28. The topological polar surface area (TPSA) is 72.8 Å². The van der Waals surface area contributed by atoms with E-state index >= 15 is 0 Å². The zero-order valence-electron chi connectivity index (χ0n) is 18.8. The number of carbonyl (C=O) groups is 2. The molecule has 1 saturated heterocycles. The van der Waals surface area contributed by atoms with Crippen molar-refractivity contribution in [2.45, 2.75) is 26.8 Å². The molecular formula is C25H23N3O4S2. The van der Waals surface area contributed by atoms with Gasteiger partial charge in [-0.1, -0.05) is 49.1 Å². The van der Waals surface area contributed by atoms with Gasteiger partial charge in [-0.05, 0) is 37.6 Å². The SMILES string of the molecule is CCCN1C(=O)/C(=C\c2c(C)n(CC(=O)Nc3ccc4c(c3)OCO4)c3ccccc23)SC1=S. The van der Waals surface area contributed by atoms with Crippen LogP contribution in [0.5, 0.6) is 11.5 Å². The van der Waals surface area contributed by atoms with Crippen molar-refractivity contribution in [2.75, 3.05) is 18.7 Å². The van der Waals surface area contributed by atoms with Crippen molar-refractivity contribution < 1.29 is 19.1 Å². The largest absolute Gasteiger partial charge is 0.454 e. The number of benzene rings is 2. The van der Waals surface area contributed by atoms with Gasteiger partial charge in [-0.3, -0.25) is 14.5 Å². The highest BCUT2D eigenvalue weighted by Gasteiger charge is 2.31. The number of aromatic nitrogens is 1. The number of amides is 2. The van der Waals surface area contributed by atoms with Crippen LogP contribution >= 0.6 is 24.0 Å². The fraction of sp³-hybridized carbons (Fsp3) is 0.240. The van der Waals surface area contributed by atoms with Gasteiger partial charge in [0, 0.05) is 40.5 Å². The molecule has 1 fully saturated rings. The predicted octanol–water partition coefficient (Wildman–Crippen LogP) is 4.93. The van der Waals surface area contributed by atoms with Crippen LogP contribution in [0.4, 0.5) is 5.69 Å². The molecule has 0 bridgehead atoms. The summed E-state index contributed by atoms with van der Waals surface area (Å²) >= 11 is 6.74. The average Bonchev–Trinajstić information content (AvgIpc) is 3.47. The fourth-order valence-corrected chi connectivity index (χ4v) is 5.50. The molecule has 2 aliphatic heterocycles. The molecule has 0 aliphatic carbocycles. The van der Waals surface area contributed by atoms with Gasteiger partial charge in [-0.2, -0.15) is 0 Å². The van der Waals surface area contributed by atoms with Crippen molar-refractivity contribution in [1.29, 1.82) is 0 Å². The molecule has 1 N–H and O–H groups in total. The standard InChI is InChI=1S/C25H23N3O4S2/c1-3-10-27-24(30)22(34-25(27)33)12-18-15(2)28(19-7-5-4-6-17(18)19)13-23(29)26-16-8-9-20-21(11-16)32-14-31-20/h4-9,11-12H,3,10,13-14H2,1-2H3,(H,26,29)/b22-12+. The van der Waals surface area contributed by atoms with Gasteiger partial charge in [0.25, 0.3) is 5.91 Å². The number of nitrogens with zero attached hydrogens (tertiary/aromatic N) is 2. The van der Waals surface area contributed by atoms with Crippen LogP contribution in [-0.2, 0) is 16.1 Å². The van der Waals surface area contributed by atoms with Crippen molar-refractivity contribution in [3.05, 3.63) is 58.6 Å². The van der Waals surface area contributed by atoms with Crippen molar-refractivity contribution in [3.8, 4) is 11.5 Å². The van der Waals surface area contributed by atoms with E-state index in [0.29, 0.717) is 33.0 Å². The summed E-state index contributed by atoms with van der Waals surface area (Å²) in [6.45, 7) is 4.91. The minimum absolute atomic E-state index is 0.0615. The third-order valence-electron chi connectivity index (χ3n) is 5.83. The summed E-state index contributed by atoms with van der Waals surface area (Å²) in [4.78, 5) is 28.1. The average molecular weight is 494 g/mol. The van der Waals surface area contributed by atoms with Gasteiger partial charge in [0.2, 0.25) is 12.7 Å². The van der Waals surface area contributed by atoms with E-state index in [0.717, 1.165) is 28.6 Å². The Morgan fingerprint density at radius 2 is 2.00 bits per heavy atom. The number of nitrogens with one attached hydrogen (secondary N) is 1. The maximum absolute atomic E-state index is 12.9. The molecule has 34 heavy (non-hydrogen) atoms. The number of thioether (sulfide) groups is 1. The van der Waals surface area contributed by atoms with Crippen LogP contribution in [0.2, 0.25) is 0 Å². The van der Waals surface area contributed by atoms with E-state index in [1.807, 2.05) is 48.8 Å². The van der Waals surface area contributed by atoms with Gasteiger partial charge < -0.3 is 19.4 Å².